The number of carbonyl (C=O) groups excluding carboxylic acids is 1. The summed E-state index contributed by atoms with van der Waals surface area (Å²) in [5.41, 5.74) is 3.42. The van der Waals surface area contributed by atoms with Crippen molar-refractivity contribution in [3.8, 4) is 0 Å². The summed E-state index contributed by atoms with van der Waals surface area (Å²) in [6.07, 6.45) is 7.50. The van der Waals surface area contributed by atoms with Crippen LogP contribution in [-0.4, -0.2) is 37.0 Å². The first-order chi connectivity index (χ1) is 14.0. The van der Waals surface area contributed by atoms with Gasteiger partial charge in [-0.25, -0.2) is 9.50 Å². The van der Waals surface area contributed by atoms with Crippen LogP contribution >= 0.6 is 23.5 Å². The zero-order chi connectivity index (χ0) is 20.4. The average Bonchev–Trinajstić information content (AvgIpc) is 3.36. The molecule has 0 atom stereocenters. The number of anilines is 1. The van der Waals surface area contributed by atoms with Crippen molar-refractivity contribution < 1.29 is 4.79 Å². The second kappa shape index (κ2) is 8.75. The highest BCUT2D eigenvalue weighted by molar-refractivity contribution is 8.00. The smallest absolute Gasteiger partial charge is 0.253 e. The van der Waals surface area contributed by atoms with Gasteiger partial charge in [-0.05, 0) is 57.2 Å². The molecule has 0 aliphatic heterocycles. The van der Waals surface area contributed by atoms with Crippen LogP contribution in [0.15, 0.2) is 34.3 Å². The lowest BCUT2D eigenvalue weighted by atomic mass is 10.1. The van der Waals surface area contributed by atoms with E-state index in [0.29, 0.717) is 10.9 Å². The summed E-state index contributed by atoms with van der Waals surface area (Å²) in [6, 6.07) is 8.17. The Kier molecular flexibility index (Phi) is 6.10. The second-order valence-electron chi connectivity index (χ2n) is 7.35. The molecule has 0 saturated heterocycles. The fraction of sp³-hybridized carbons (Fsp3) is 0.429. The number of aromatic nitrogens is 4. The molecule has 1 amide bonds. The van der Waals surface area contributed by atoms with Gasteiger partial charge in [0.05, 0.1) is 6.42 Å². The minimum atomic E-state index is -0.0567. The Morgan fingerprint density at radius 2 is 1.90 bits per heavy atom. The third kappa shape index (κ3) is 4.59. The molecule has 1 aliphatic carbocycles. The molecular formula is C21H25N5OS2. The predicted molar refractivity (Wildman–Crippen MR) is 119 cm³/mol. The number of thioether (sulfide) groups is 2. The van der Waals surface area contributed by atoms with E-state index < -0.39 is 0 Å². The van der Waals surface area contributed by atoms with Crippen molar-refractivity contribution in [2.75, 3.05) is 11.6 Å². The van der Waals surface area contributed by atoms with Gasteiger partial charge in [-0.2, -0.15) is 4.98 Å². The number of rotatable bonds is 6. The van der Waals surface area contributed by atoms with Crippen LogP contribution in [0, 0.1) is 13.8 Å². The third-order valence-corrected chi connectivity index (χ3v) is 7.18. The Labute approximate surface area is 179 Å². The lowest BCUT2D eigenvalue weighted by Gasteiger charge is -2.12. The highest BCUT2D eigenvalue weighted by atomic mass is 32.2. The minimum Gasteiger partial charge on any atom is -0.326 e. The number of nitrogens with one attached hydrogen (secondary N) is 1. The molecule has 8 heteroatoms. The van der Waals surface area contributed by atoms with E-state index in [1.54, 1.807) is 4.52 Å². The van der Waals surface area contributed by atoms with E-state index in [9.17, 15) is 4.79 Å². The standard InChI is InChI=1S/C21H25N5OS2/c1-13-18(14(2)26-20(22-13)24-21(25-26)28-3)12-19(27)23-15-8-10-17(11-9-15)29-16-6-4-5-7-16/h8-11,16H,4-7,12H2,1-3H3,(H,23,27). The molecule has 0 spiro atoms. The summed E-state index contributed by atoms with van der Waals surface area (Å²) in [5.74, 6) is 0.516. The first-order valence-electron chi connectivity index (χ1n) is 9.87. The van der Waals surface area contributed by atoms with Crippen LogP contribution in [0.4, 0.5) is 5.69 Å². The third-order valence-electron chi connectivity index (χ3n) is 5.29. The van der Waals surface area contributed by atoms with E-state index in [0.717, 1.165) is 27.9 Å². The fourth-order valence-corrected chi connectivity index (χ4v) is 5.30. The van der Waals surface area contributed by atoms with Gasteiger partial charge < -0.3 is 5.32 Å². The molecule has 29 heavy (non-hydrogen) atoms. The van der Waals surface area contributed by atoms with Crippen molar-refractivity contribution in [1.82, 2.24) is 19.6 Å². The zero-order valence-electron chi connectivity index (χ0n) is 16.9. The molecule has 2 heterocycles. The van der Waals surface area contributed by atoms with E-state index in [2.05, 4.69) is 32.5 Å². The number of hydrogen-bond acceptors (Lipinski definition) is 6. The molecule has 0 unspecified atom stereocenters. The van der Waals surface area contributed by atoms with Gasteiger partial charge in [-0.1, -0.05) is 24.6 Å². The molecule has 1 saturated carbocycles. The van der Waals surface area contributed by atoms with Crippen LogP contribution in [0.3, 0.4) is 0 Å². The number of carbonyl (C=O) groups is 1. The van der Waals surface area contributed by atoms with Crippen LogP contribution in [0.25, 0.3) is 5.78 Å². The van der Waals surface area contributed by atoms with Crippen LogP contribution < -0.4 is 5.32 Å². The summed E-state index contributed by atoms with van der Waals surface area (Å²) < 4.78 is 1.72. The minimum absolute atomic E-state index is 0.0567. The molecule has 1 aromatic carbocycles. The molecule has 0 radical (unpaired) electrons. The van der Waals surface area contributed by atoms with E-state index in [1.165, 1.54) is 42.3 Å². The number of nitrogens with zero attached hydrogens (tertiary/aromatic N) is 4. The SMILES string of the molecule is CSc1nc2nc(C)c(CC(=O)Nc3ccc(SC4CCCC4)cc3)c(C)n2n1. The van der Waals surface area contributed by atoms with Gasteiger partial charge in [0.1, 0.15) is 0 Å². The quantitative estimate of drug-likeness (QED) is 0.576. The van der Waals surface area contributed by atoms with E-state index >= 15 is 0 Å². The summed E-state index contributed by atoms with van der Waals surface area (Å²) in [7, 11) is 0. The summed E-state index contributed by atoms with van der Waals surface area (Å²) in [6.45, 7) is 3.87. The lowest BCUT2D eigenvalue weighted by Crippen LogP contribution is -2.17. The topological polar surface area (TPSA) is 72.2 Å². The Morgan fingerprint density at radius 3 is 2.59 bits per heavy atom. The summed E-state index contributed by atoms with van der Waals surface area (Å²) in [4.78, 5) is 22.8. The zero-order valence-corrected chi connectivity index (χ0v) is 18.6. The summed E-state index contributed by atoms with van der Waals surface area (Å²) >= 11 is 3.43. The molecular weight excluding hydrogens is 402 g/mol. The van der Waals surface area contributed by atoms with Crippen molar-refractivity contribution in [3.05, 3.63) is 41.2 Å². The van der Waals surface area contributed by atoms with Gasteiger partial charge in [-0.3, -0.25) is 4.79 Å². The van der Waals surface area contributed by atoms with Crippen molar-refractivity contribution in [2.24, 2.45) is 0 Å². The largest absolute Gasteiger partial charge is 0.326 e. The van der Waals surface area contributed by atoms with E-state index in [-0.39, 0.29) is 12.3 Å². The van der Waals surface area contributed by atoms with Crippen LogP contribution in [0.1, 0.15) is 42.6 Å². The molecule has 6 nitrogen and oxygen atoms in total. The van der Waals surface area contributed by atoms with Crippen LogP contribution in [0.5, 0.6) is 0 Å². The Bertz CT molecular complexity index is 1030. The van der Waals surface area contributed by atoms with Gasteiger partial charge >= 0.3 is 0 Å². The maximum atomic E-state index is 12.7. The summed E-state index contributed by atoms with van der Waals surface area (Å²) in [5, 5.41) is 8.87. The van der Waals surface area contributed by atoms with E-state index in [4.69, 9.17) is 0 Å². The van der Waals surface area contributed by atoms with Crippen molar-refractivity contribution in [3.63, 3.8) is 0 Å². The van der Waals surface area contributed by atoms with E-state index in [1.807, 2.05) is 44.0 Å². The molecule has 152 valence electrons. The Morgan fingerprint density at radius 1 is 1.17 bits per heavy atom. The molecule has 1 aliphatic rings. The molecule has 0 bridgehead atoms. The number of aryl methyl sites for hydroxylation is 2. The van der Waals surface area contributed by atoms with Gasteiger partial charge in [0.15, 0.2) is 0 Å². The maximum absolute atomic E-state index is 12.7. The average molecular weight is 428 g/mol. The van der Waals surface area contributed by atoms with Gasteiger partial charge in [0.2, 0.25) is 11.1 Å². The molecule has 4 rings (SSSR count). The lowest BCUT2D eigenvalue weighted by molar-refractivity contribution is -0.115. The molecule has 3 aromatic rings. The first-order valence-corrected chi connectivity index (χ1v) is 12.0. The number of fused-ring (bicyclic) bond motifs is 1. The van der Waals surface area contributed by atoms with Gasteiger partial charge in [0.25, 0.3) is 5.78 Å². The highest BCUT2D eigenvalue weighted by Crippen LogP contribution is 2.35. The van der Waals surface area contributed by atoms with Crippen molar-refractivity contribution in [1.29, 1.82) is 0 Å². The molecule has 1 N–H and O–H groups in total. The first kappa shape index (κ1) is 20.2. The highest BCUT2D eigenvalue weighted by Gasteiger charge is 2.17. The van der Waals surface area contributed by atoms with Crippen molar-refractivity contribution >= 4 is 40.9 Å². The Balaban J connectivity index is 1.44. The number of hydrogen-bond donors (Lipinski definition) is 1. The number of benzene rings is 1. The van der Waals surface area contributed by atoms with Gasteiger partial charge in [0, 0.05) is 32.8 Å². The predicted octanol–water partition coefficient (Wildman–Crippen LogP) is 4.68. The maximum Gasteiger partial charge on any atom is 0.253 e. The number of amides is 1. The van der Waals surface area contributed by atoms with Crippen LogP contribution in [0.2, 0.25) is 0 Å². The second-order valence-corrected chi connectivity index (χ2v) is 9.49. The monoisotopic (exact) mass is 427 g/mol. The molecule has 1 fully saturated rings. The normalized spacial score (nSPS) is 14.6. The Hall–Kier alpha value is -2.06. The van der Waals surface area contributed by atoms with Crippen molar-refractivity contribution in [2.45, 2.75) is 61.3 Å². The van der Waals surface area contributed by atoms with Gasteiger partial charge in [-0.15, -0.1) is 16.9 Å². The molecule has 2 aromatic heterocycles. The fourth-order valence-electron chi connectivity index (χ4n) is 3.71. The van der Waals surface area contributed by atoms with Crippen LogP contribution in [-0.2, 0) is 11.2 Å².